The van der Waals surface area contributed by atoms with E-state index in [0.717, 1.165) is 10.6 Å². The van der Waals surface area contributed by atoms with Crippen molar-refractivity contribution in [3.8, 4) is 10.6 Å². The van der Waals surface area contributed by atoms with E-state index in [1.54, 1.807) is 34.1 Å². The summed E-state index contributed by atoms with van der Waals surface area (Å²) in [6, 6.07) is 5.70. The van der Waals surface area contributed by atoms with Gasteiger partial charge in [-0.25, -0.2) is 4.79 Å². The molecule has 3 rings (SSSR count). The largest absolute Gasteiger partial charge is 0.450 e. The third-order valence-electron chi connectivity index (χ3n) is 3.68. The number of aromatic amines is 1. The monoisotopic (exact) mass is 334 g/mol. The molecule has 0 aromatic carbocycles. The Bertz CT molecular complexity index is 675. The van der Waals surface area contributed by atoms with Gasteiger partial charge < -0.3 is 14.5 Å². The molecule has 0 radical (unpaired) electrons. The molecule has 8 heteroatoms. The molecule has 0 unspecified atom stereocenters. The molecule has 2 amide bonds. The van der Waals surface area contributed by atoms with Gasteiger partial charge in [0.25, 0.3) is 5.91 Å². The lowest BCUT2D eigenvalue weighted by atomic mass is 10.2. The van der Waals surface area contributed by atoms with Crippen LogP contribution in [0.25, 0.3) is 10.6 Å². The Morgan fingerprint density at radius 2 is 2.04 bits per heavy atom. The first-order valence-electron chi connectivity index (χ1n) is 7.49. The highest BCUT2D eigenvalue weighted by molar-refractivity contribution is 7.13. The molecule has 0 atom stereocenters. The van der Waals surface area contributed by atoms with E-state index in [2.05, 4.69) is 10.2 Å². The first kappa shape index (κ1) is 15.5. The van der Waals surface area contributed by atoms with Gasteiger partial charge in [-0.3, -0.25) is 9.89 Å². The third-order valence-corrected chi connectivity index (χ3v) is 4.58. The minimum atomic E-state index is -0.320. The second-order valence-corrected chi connectivity index (χ2v) is 6.07. The maximum atomic E-state index is 12.5. The number of hydrogen-bond acceptors (Lipinski definition) is 5. The fourth-order valence-electron chi connectivity index (χ4n) is 2.46. The van der Waals surface area contributed by atoms with Crippen molar-refractivity contribution in [2.75, 3.05) is 32.8 Å². The first-order valence-corrected chi connectivity index (χ1v) is 8.37. The van der Waals surface area contributed by atoms with Gasteiger partial charge in [0.05, 0.1) is 17.2 Å². The minimum Gasteiger partial charge on any atom is -0.450 e. The number of carbonyl (C=O) groups excluding carboxylic acids is 2. The third kappa shape index (κ3) is 3.37. The smallest absolute Gasteiger partial charge is 0.409 e. The predicted octanol–water partition coefficient (Wildman–Crippen LogP) is 2.05. The van der Waals surface area contributed by atoms with Gasteiger partial charge in [-0.1, -0.05) is 6.07 Å². The van der Waals surface area contributed by atoms with Gasteiger partial charge in [0.15, 0.2) is 5.69 Å². The van der Waals surface area contributed by atoms with E-state index in [1.807, 2.05) is 17.5 Å². The van der Waals surface area contributed by atoms with E-state index in [9.17, 15) is 9.59 Å². The standard InChI is InChI=1S/C15H18N4O3S/c1-2-22-15(21)19-7-5-18(6-8-19)14(20)12-10-11(16-17-12)13-4-3-9-23-13/h3-4,9-10H,2,5-8H2,1H3,(H,16,17). The van der Waals surface area contributed by atoms with Crippen LogP contribution in [0.15, 0.2) is 23.6 Å². The number of hydrogen-bond donors (Lipinski definition) is 1. The first-order chi connectivity index (χ1) is 11.2. The molecule has 23 heavy (non-hydrogen) atoms. The summed E-state index contributed by atoms with van der Waals surface area (Å²) < 4.78 is 4.97. The van der Waals surface area contributed by atoms with Crippen LogP contribution in [-0.4, -0.2) is 64.8 Å². The molecule has 7 nitrogen and oxygen atoms in total. The van der Waals surface area contributed by atoms with Crippen LogP contribution < -0.4 is 0 Å². The Morgan fingerprint density at radius 3 is 2.70 bits per heavy atom. The minimum absolute atomic E-state index is 0.118. The number of piperazine rings is 1. The average Bonchev–Trinajstić information content (AvgIpc) is 3.25. The van der Waals surface area contributed by atoms with Gasteiger partial charge >= 0.3 is 6.09 Å². The lowest BCUT2D eigenvalue weighted by Gasteiger charge is -2.33. The summed E-state index contributed by atoms with van der Waals surface area (Å²) in [6.07, 6.45) is -0.320. The van der Waals surface area contributed by atoms with Crippen molar-refractivity contribution in [2.45, 2.75) is 6.92 Å². The van der Waals surface area contributed by atoms with E-state index in [1.165, 1.54) is 0 Å². The maximum absolute atomic E-state index is 12.5. The number of nitrogens with one attached hydrogen (secondary N) is 1. The molecular weight excluding hydrogens is 316 g/mol. The van der Waals surface area contributed by atoms with Crippen LogP contribution in [0.3, 0.4) is 0 Å². The average molecular weight is 334 g/mol. The predicted molar refractivity (Wildman–Crippen MR) is 86.4 cm³/mol. The zero-order valence-corrected chi connectivity index (χ0v) is 13.6. The molecule has 2 aromatic heterocycles. The highest BCUT2D eigenvalue weighted by Gasteiger charge is 2.26. The van der Waals surface area contributed by atoms with Crippen LogP contribution in [0.4, 0.5) is 4.79 Å². The molecule has 0 aliphatic carbocycles. The number of thiophene rings is 1. The van der Waals surface area contributed by atoms with Crippen LogP contribution in [0.1, 0.15) is 17.4 Å². The van der Waals surface area contributed by atoms with Gasteiger partial charge in [0.1, 0.15) is 0 Å². The second-order valence-electron chi connectivity index (χ2n) is 5.12. The quantitative estimate of drug-likeness (QED) is 0.932. The molecule has 0 spiro atoms. The van der Waals surface area contributed by atoms with Crippen molar-refractivity contribution < 1.29 is 14.3 Å². The number of H-pyrrole nitrogens is 1. The van der Waals surface area contributed by atoms with Crippen molar-refractivity contribution in [3.05, 3.63) is 29.3 Å². The summed E-state index contributed by atoms with van der Waals surface area (Å²) >= 11 is 1.59. The summed E-state index contributed by atoms with van der Waals surface area (Å²) in [5.74, 6) is -0.118. The number of ether oxygens (including phenoxy) is 1. The normalized spacial score (nSPS) is 14.8. The fourth-order valence-corrected chi connectivity index (χ4v) is 3.15. The van der Waals surface area contributed by atoms with Crippen molar-refractivity contribution in [3.63, 3.8) is 0 Å². The van der Waals surface area contributed by atoms with Gasteiger partial charge in [-0.15, -0.1) is 11.3 Å². The number of rotatable bonds is 3. The van der Waals surface area contributed by atoms with Crippen molar-refractivity contribution in [1.29, 1.82) is 0 Å². The topological polar surface area (TPSA) is 78.5 Å². The SMILES string of the molecule is CCOC(=O)N1CCN(C(=O)c2cc(-c3cccs3)[nH]n2)CC1. The molecule has 122 valence electrons. The van der Waals surface area contributed by atoms with Crippen LogP contribution in [0, 0.1) is 0 Å². The zero-order valence-electron chi connectivity index (χ0n) is 12.8. The highest BCUT2D eigenvalue weighted by Crippen LogP contribution is 2.23. The Hall–Kier alpha value is -2.35. The molecule has 1 aliphatic rings. The molecule has 1 N–H and O–H groups in total. The molecule has 1 aliphatic heterocycles. The maximum Gasteiger partial charge on any atom is 0.409 e. The Labute approximate surface area is 137 Å². The molecule has 0 saturated carbocycles. The van der Waals surface area contributed by atoms with E-state index in [0.29, 0.717) is 38.5 Å². The van der Waals surface area contributed by atoms with Crippen molar-refractivity contribution in [1.82, 2.24) is 20.0 Å². The van der Waals surface area contributed by atoms with Gasteiger partial charge in [0.2, 0.25) is 0 Å². The van der Waals surface area contributed by atoms with E-state index < -0.39 is 0 Å². The van der Waals surface area contributed by atoms with Crippen LogP contribution in [0.5, 0.6) is 0 Å². The lowest BCUT2D eigenvalue weighted by Crippen LogP contribution is -2.50. The van der Waals surface area contributed by atoms with E-state index in [-0.39, 0.29) is 12.0 Å². The second kappa shape index (κ2) is 6.82. The summed E-state index contributed by atoms with van der Waals surface area (Å²) in [5.41, 5.74) is 1.24. The van der Waals surface area contributed by atoms with Gasteiger partial charge in [0, 0.05) is 26.2 Å². The van der Waals surface area contributed by atoms with Gasteiger partial charge in [-0.2, -0.15) is 5.10 Å². The summed E-state index contributed by atoms with van der Waals surface area (Å²) in [4.78, 5) is 28.5. The van der Waals surface area contributed by atoms with Crippen molar-refractivity contribution in [2.24, 2.45) is 0 Å². The van der Waals surface area contributed by atoms with Crippen molar-refractivity contribution >= 4 is 23.3 Å². The molecule has 0 bridgehead atoms. The number of nitrogens with zero attached hydrogens (tertiary/aromatic N) is 3. The molecule has 1 saturated heterocycles. The van der Waals surface area contributed by atoms with Crippen LogP contribution in [-0.2, 0) is 4.74 Å². The Kier molecular flexibility index (Phi) is 4.61. The number of aromatic nitrogens is 2. The molecular formula is C15H18N4O3S. The Morgan fingerprint density at radius 1 is 1.30 bits per heavy atom. The summed E-state index contributed by atoms with van der Waals surface area (Å²) in [7, 11) is 0. The summed E-state index contributed by atoms with van der Waals surface area (Å²) in [5, 5.41) is 8.99. The van der Waals surface area contributed by atoms with Crippen LogP contribution >= 0.6 is 11.3 Å². The molecule has 2 aromatic rings. The van der Waals surface area contributed by atoms with Gasteiger partial charge in [-0.05, 0) is 24.4 Å². The zero-order chi connectivity index (χ0) is 16.2. The van der Waals surface area contributed by atoms with E-state index >= 15 is 0 Å². The lowest BCUT2D eigenvalue weighted by molar-refractivity contribution is 0.0566. The number of carbonyl (C=O) groups is 2. The molecule has 3 heterocycles. The number of amides is 2. The Balaban J connectivity index is 1.60. The summed E-state index contributed by atoms with van der Waals surface area (Å²) in [6.45, 7) is 4.06. The fraction of sp³-hybridized carbons (Fsp3) is 0.400. The van der Waals surface area contributed by atoms with Crippen LogP contribution in [0.2, 0.25) is 0 Å². The molecule has 1 fully saturated rings. The highest BCUT2D eigenvalue weighted by atomic mass is 32.1. The van der Waals surface area contributed by atoms with E-state index in [4.69, 9.17) is 4.74 Å².